The third-order valence-electron chi connectivity index (χ3n) is 3.52. The minimum Gasteiger partial charge on any atom is -0.497 e. The number of nitrogens with zero attached hydrogens (tertiary/aromatic N) is 1. The first kappa shape index (κ1) is 15.0. The molecular weight excluding hydrogens is 238 g/mol. The highest BCUT2D eigenvalue weighted by atomic mass is 16.5. The van der Waals surface area contributed by atoms with E-state index in [4.69, 9.17) is 4.74 Å². The summed E-state index contributed by atoms with van der Waals surface area (Å²) >= 11 is 0. The topological polar surface area (TPSA) is 50.1 Å². The van der Waals surface area contributed by atoms with Crippen molar-refractivity contribution in [3.8, 4) is 11.8 Å². The van der Waals surface area contributed by atoms with E-state index in [9.17, 15) is 10.1 Å². The van der Waals surface area contributed by atoms with Crippen LogP contribution in [0, 0.1) is 11.3 Å². The number of hydrogen-bond donors (Lipinski definition) is 0. The summed E-state index contributed by atoms with van der Waals surface area (Å²) in [6.45, 7) is 6.00. The number of Topliss-reactive ketones (excluding diaryl/α,β-unsaturated/α-hetero) is 1. The highest BCUT2D eigenvalue weighted by Crippen LogP contribution is 2.38. The molecule has 19 heavy (non-hydrogen) atoms. The first-order chi connectivity index (χ1) is 9.20. The van der Waals surface area contributed by atoms with Crippen LogP contribution in [0.4, 0.5) is 0 Å². The zero-order valence-corrected chi connectivity index (χ0v) is 11.3. The van der Waals surface area contributed by atoms with Gasteiger partial charge in [-0.1, -0.05) is 12.1 Å². The van der Waals surface area contributed by atoms with E-state index < -0.39 is 5.41 Å². The zero-order chi connectivity index (χ0) is 14.3. The Morgan fingerprint density at radius 1 is 1.21 bits per heavy atom. The van der Waals surface area contributed by atoms with Gasteiger partial charge in [-0.05, 0) is 30.5 Å². The van der Waals surface area contributed by atoms with Crippen molar-refractivity contribution in [3.63, 3.8) is 0 Å². The molecule has 0 heterocycles. The lowest BCUT2D eigenvalue weighted by Gasteiger charge is -2.30. The van der Waals surface area contributed by atoms with E-state index in [2.05, 4.69) is 19.2 Å². The Bertz CT molecular complexity index is 461. The average molecular weight is 257 g/mol. The molecule has 0 aromatic heterocycles. The van der Waals surface area contributed by atoms with Crippen molar-refractivity contribution in [2.75, 3.05) is 7.11 Å². The van der Waals surface area contributed by atoms with Gasteiger partial charge in [-0.25, -0.2) is 0 Å². The summed E-state index contributed by atoms with van der Waals surface area (Å²) in [5.74, 6) is 1.05. The summed E-state index contributed by atoms with van der Waals surface area (Å²) in [4.78, 5) is 11.3. The number of methoxy groups -OCH3 is 1. The summed E-state index contributed by atoms with van der Waals surface area (Å²) in [6.07, 6.45) is 2.29. The van der Waals surface area contributed by atoms with E-state index in [1.165, 1.54) is 0 Å². The number of benzene rings is 1. The van der Waals surface area contributed by atoms with Crippen LogP contribution in [0.15, 0.2) is 37.4 Å². The first-order valence-corrected chi connectivity index (χ1v) is 6.28. The van der Waals surface area contributed by atoms with Crippen LogP contribution >= 0.6 is 0 Å². The van der Waals surface area contributed by atoms with Crippen LogP contribution in [0.2, 0.25) is 0 Å². The molecule has 0 bridgehead atoms. The molecule has 3 nitrogen and oxygen atoms in total. The van der Waals surface area contributed by atoms with Gasteiger partial charge in [-0.3, -0.25) is 4.79 Å². The molecule has 0 amide bonds. The van der Waals surface area contributed by atoms with Crippen molar-refractivity contribution in [2.24, 2.45) is 0 Å². The Balaban J connectivity index is 0.000000861. The fraction of sp³-hybridized carbons (Fsp3) is 0.375. The maximum atomic E-state index is 11.3. The Morgan fingerprint density at radius 2 is 1.74 bits per heavy atom. The number of ketones is 1. The Labute approximate surface area is 114 Å². The molecule has 0 aliphatic heterocycles. The second kappa shape index (κ2) is 6.75. The number of carbonyl (C=O) groups is 1. The van der Waals surface area contributed by atoms with Crippen molar-refractivity contribution < 1.29 is 9.53 Å². The van der Waals surface area contributed by atoms with Gasteiger partial charge < -0.3 is 4.74 Å². The van der Waals surface area contributed by atoms with E-state index >= 15 is 0 Å². The van der Waals surface area contributed by atoms with Crippen LogP contribution in [0.25, 0.3) is 0 Å². The number of carbonyl (C=O) groups excluding carboxylic acids is 1. The predicted molar refractivity (Wildman–Crippen MR) is 75.0 cm³/mol. The van der Waals surface area contributed by atoms with Crippen molar-refractivity contribution in [1.82, 2.24) is 0 Å². The van der Waals surface area contributed by atoms with E-state index in [1.54, 1.807) is 7.11 Å². The molecule has 1 aromatic carbocycles. The van der Waals surface area contributed by atoms with Gasteiger partial charge >= 0.3 is 0 Å². The monoisotopic (exact) mass is 257 g/mol. The van der Waals surface area contributed by atoms with Gasteiger partial charge in [0.2, 0.25) is 0 Å². The first-order valence-electron chi connectivity index (χ1n) is 6.28. The van der Waals surface area contributed by atoms with E-state index in [-0.39, 0.29) is 5.78 Å². The van der Waals surface area contributed by atoms with Gasteiger partial charge in [0.05, 0.1) is 18.6 Å². The van der Waals surface area contributed by atoms with Crippen LogP contribution in [0.1, 0.15) is 31.2 Å². The maximum absolute atomic E-state index is 11.3. The van der Waals surface area contributed by atoms with Gasteiger partial charge in [0.1, 0.15) is 11.5 Å². The Morgan fingerprint density at radius 3 is 2.16 bits per heavy atom. The largest absolute Gasteiger partial charge is 0.497 e. The molecular formula is C16H19NO2. The van der Waals surface area contributed by atoms with Crippen LogP contribution in [-0.4, -0.2) is 12.9 Å². The molecule has 0 N–H and O–H groups in total. The maximum Gasteiger partial charge on any atom is 0.133 e. The average Bonchev–Trinajstić information content (AvgIpc) is 2.51. The molecule has 0 spiro atoms. The lowest BCUT2D eigenvalue weighted by molar-refractivity contribution is -0.120. The number of nitriles is 1. The molecule has 0 radical (unpaired) electrons. The molecule has 0 atom stereocenters. The van der Waals surface area contributed by atoms with Gasteiger partial charge in [-0.15, -0.1) is 13.2 Å². The predicted octanol–water partition coefficient (Wildman–Crippen LogP) is 3.40. The smallest absolute Gasteiger partial charge is 0.133 e. The van der Waals surface area contributed by atoms with Crippen molar-refractivity contribution in [1.29, 1.82) is 5.26 Å². The SMILES string of the molecule is C=C.COc1ccc(C2(C#N)CCC(=O)CC2)cc1. The summed E-state index contributed by atoms with van der Waals surface area (Å²) in [7, 11) is 1.62. The molecule has 3 heteroatoms. The van der Waals surface area contributed by atoms with Crippen LogP contribution in [0.3, 0.4) is 0 Å². The normalized spacial score (nSPS) is 16.7. The third-order valence-corrected chi connectivity index (χ3v) is 3.52. The van der Waals surface area contributed by atoms with E-state index in [0.717, 1.165) is 11.3 Å². The van der Waals surface area contributed by atoms with Crippen molar-refractivity contribution >= 4 is 5.78 Å². The van der Waals surface area contributed by atoms with Gasteiger partial charge in [0.15, 0.2) is 0 Å². The number of ether oxygens (including phenoxy) is 1. The lowest BCUT2D eigenvalue weighted by atomic mass is 9.70. The summed E-state index contributed by atoms with van der Waals surface area (Å²) in [5, 5.41) is 9.42. The Hall–Kier alpha value is -2.08. The zero-order valence-electron chi connectivity index (χ0n) is 11.3. The van der Waals surface area contributed by atoms with Gasteiger partial charge in [0.25, 0.3) is 0 Å². The van der Waals surface area contributed by atoms with Crippen LogP contribution in [0.5, 0.6) is 5.75 Å². The lowest BCUT2D eigenvalue weighted by Crippen LogP contribution is -2.30. The second-order valence-electron chi connectivity index (χ2n) is 4.46. The standard InChI is InChI=1S/C14H15NO2.C2H4/c1-17-13-4-2-11(3-5-13)14(10-15)8-6-12(16)7-9-14;1-2/h2-5H,6-9H2,1H3;1-2H2. The summed E-state index contributed by atoms with van der Waals surface area (Å²) in [5.41, 5.74) is 0.508. The van der Waals surface area contributed by atoms with Crippen molar-refractivity contribution in [2.45, 2.75) is 31.1 Å². The quantitative estimate of drug-likeness (QED) is 0.763. The van der Waals surface area contributed by atoms with Crippen LogP contribution in [-0.2, 0) is 10.2 Å². The van der Waals surface area contributed by atoms with Crippen LogP contribution < -0.4 is 4.74 Å². The third kappa shape index (κ3) is 3.23. The second-order valence-corrected chi connectivity index (χ2v) is 4.46. The highest BCUT2D eigenvalue weighted by molar-refractivity contribution is 5.80. The molecule has 1 fully saturated rings. The molecule has 1 aliphatic carbocycles. The number of rotatable bonds is 2. The molecule has 1 aromatic rings. The number of hydrogen-bond acceptors (Lipinski definition) is 3. The molecule has 1 saturated carbocycles. The molecule has 0 saturated heterocycles. The fourth-order valence-corrected chi connectivity index (χ4v) is 2.33. The molecule has 2 rings (SSSR count). The summed E-state index contributed by atoms with van der Waals surface area (Å²) < 4.78 is 5.10. The van der Waals surface area contributed by atoms with E-state index in [0.29, 0.717) is 25.7 Å². The molecule has 1 aliphatic rings. The summed E-state index contributed by atoms with van der Waals surface area (Å²) in [6, 6.07) is 9.99. The Kier molecular flexibility index (Phi) is 5.32. The van der Waals surface area contributed by atoms with Gasteiger partial charge in [0, 0.05) is 12.8 Å². The van der Waals surface area contributed by atoms with Gasteiger partial charge in [-0.2, -0.15) is 5.26 Å². The minimum atomic E-state index is -0.486. The molecule has 100 valence electrons. The van der Waals surface area contributed by atoms with Crippen molar-refractivity contribution in [3.05, 3.63) is 43.0 Å². The highest BCUT2D eigenvalue weighted by Gasteiger charge is 2.36. The van der Waals surface area contributed by atoms with E-state index in [1.807, 2.05) is 24.3 Å². The fourth-order valence-electron chi connectivity index (χ4n) is 2.33. The molecule has 0 unspecified atom stereocenters. The minimum absolute atomic E-state index is 0.268.